The van der Waals surface area contributed by atoms with E-state index in [1.807, 2.05) is 25.7 Å². The van der Waals surface area contributed by atoms with Gasteiger partial charge in [0, 0.05) is 11.3 Å². The minimum Gasteiger partial charge on any atom is -0.312 e. The number of benzene rings is 1. The van der Waals surface area contributed by atoms with Gasteiger partial charge in [0.2, 0.25) is 0 Å². The Morgan fingerprint density at radius 2 is 2.17 bits per heavy atom. The third-order valence-corrected chi connectivity index (χ3v) is 5.45. The van der Waals surface area contributed by atoms with E-state index in [1.54, 1.807) is 11.3 Å². The molecule has 0 spiro atoms. The fourth-order valence-corrected chi connectivity index (χ4v) is 4.83. The normalized spacial score (nSPS) is 22.1. The first-order valence-corrected chi connectivity index (χ1v) is 7.69. The second-order valence-electron chi connectivity index (χ2n) is 4.41. The van der Waals surface area contributed by atoms with Crippen molar-refractivity contribution in [3.05, 3.63) is 40.4 Å². The average molecular weight is 277 g/mol. The first-order valence-electron chi connectivity index (χ1n) is 6.00. The lowest BCUT2D eigenvalue weighted by Crippen LogP contribution is -2.23. The van der Waals surface area contributed by atoms with E-state index in [4.69, 9.17) is 0 Å². The molecule has 1 aliphatic rings. The van der Waals surface area contributed by atoms with Crippen molar-refractivity contribution in [1.82, 2.24) is 15.5 Å². The van der Waals surface area contributed by atoms with Crippen LogP contribution in [0.1, 0.15) is 22.2 Å². The van der Waals surface area contributed by atoms with E-state index in [0.717, 1.165) is 15.8 Å². The van der Waals surface area contributed by atoms with Gasteiger partial charge >= 0.3 is 0 Å². The topological polar surface area (TPSA) is 37.8 Å². The Kier molecular flexibility index (Phi) is 3.37. The zero-order chi connectivity index (χ0) is 12.5. The number of aromatic nitrogens is 2. The molecule has 0 fully saturated rings. The highest BCUT2D eigenvalue weighted by atomic mass is 32.2. The number of aryl methyl sites for hydroxylation is 1. The monoisotopic (exact) mass is 277 g/mol. The summed E-state index contributed by atoms with van der Waals surface area (Å²) in [5.41, 5.74) is 2.88. The van der Waals surface area contributed by atoms with E-state index in [0.29, 0.717) is 11.3 Å². The second-order valence-corrected chi connectivity index (χ2v) is 7.08. The van der Waals surface area contributed by atoms with Gasteiger partial charge in [-0.05, 0) is 31.5 Å². The van der Waals surface area contributed by atoms with E-state index in [-0.39, 0.29) is 0 Å². The van der Waals surface area contributed by atoms with Crippen LogP contribution in [0, 0.1) is 6.92 Å². The summed E-state index contributed by atoms with van der Waals surface area (Å²) >= 11 is 3.52. The van der Waals surface area contributed by atoms with Gasteiger partial charge in [0.15, 0.2) is 4.34 Å². The summed E-state index contributed by atoms with van der Waals surface area (Å²) in [4.78, 5) is 0. The highest BCUT2D eigenvalue weighted by molar-refractivity contribution is 8.01. The molecular weight excluding hydrogens is 262 g/mol. The molecule has 2 unspecified atom stereocenters. The van der Waals surface area contributed by atoms with Crippen molar-refractivity contribution in [2.24, 2.45) is 0 Å². The summed E-state index contributed by atoms with van der Waals surface area (Å²) in [6.07, 6.45) is 1.10. The van der Waals surface area contributed by atoms with E-state index in [9.17, 15) is 0 Å². The lowest BCUT2D eigenvalue weighted by molar-refractivity contribution is 0.603. The van der Waals surface area contributed by atoms with Gasteiger partial charge in [-0.1, -0.05) is 47.4 Å². The van der Waals surface area contributed by atoms with Crippen LogP contribution < -0.4 is 5.32 Å². The van der Waals surface area contributed by atoms with Crippen LogP contribution in [0.25, 0.3) is 0 Å². The minimum absolute atomic E-state index is 0.412. The zero-order valence-corrected chi connectivity index (χ0v) is 12.0. The van der Waals surface area contributed by atoms with Gasteiger partial charge in [-0.15, -0.1) is 10.2 Å². The molecule has 3 rings (SSSR count). The summed E-state index contributed by atoms with van der Waals surface area (Å²) in [7, 11) is 2.03. The van der Waals surface area contributed by atoms with E-state index < -0.39 is 0 Å². The first-order chi connectivity index (χ1) is 8.78. The standard InChI is InChI=1S/C13H15N3S2/c1-8-15-16-13(17-8)18-11-7-9-5-3-4-6-10(9)12(11)14-2/h3-6,11-12,14H,7H2,1-2H3. The van der Waals surface area contributed by atoms with Gasteiger partial charge < -0.3 is 5.32 Å². The molecule has 0 radical (unpaired) electrons. The number of thioether (sulfide) groups is 1. The Morgan fingerprint density at radius 1 is 1.33 bits per heavy atom. The molecule has 0 aliphatic heterocycles. The fraction of sp³-hybridized carbons (Fsp3) is 0.385. The maximum Gasteiger partial charge on any atom is 0.174 e. The number of nitrogens with zero attached hydrogens (tertiary/aromatic N) is 2. The molecule has 0 bridgehead atoms. The fourth-order valence-electron chi connectivity index (χ4n) is 2.47. The second kappa shape index (κ2) is 4.99. The van der Waals surface area contributed by atoms with E-state index in [2.05, 4.69) is 39.8 Å². The van der Waals surface area contributed by atoms with Crippen LogP contribution in [0.2, 0.25) is 0 Å². The molecule has 5 heteroatoms. The smallest absolute Gasteiger partial charge is 0.174 e. The Balaban J connectivity index is 1.83. The number of rotatable bonds is 3. The van der Waals surface area contributed by atoms with Crippen LogP contribution in [-0.2, 0) is 6.42 Å². The van der Waals surface area contributed by atoms with Crippen LogP contribution in [-0.4, -0.2) is 22.5 Å². The van der Waals surface area contributed by atoms with Crippen LogP contribution >= 0.6 is 23.1 Å². The molecule has 1 aromatic carbocycles. The summed E-state index contributed by atoms with van der Waals surface area (Å²) in [5, 5.41) is 13.3. The predicted octanol–water partition coefficient (Wildman–Crippen LogP) is 2.82. The van der Waals surface area contributed by atoms with Crippen molar-refractivity contribution in [3.8, 4) is 0 Å². The number of hydrogen-bond acceptors (Lipinski definition) is 5. The lowest BCUT2D eigenvalue weighted by atomic mass is 10.1. The zero-order valence-electron chi connectivity index (χ0n) is 10.4. The molecule has 2 atom stereocenters. The van der Waals surface area contributed by atoms with Crippen molar-refractivity contribution in [2.45, 2.75) is 29.0 Å². The molecule has 3 nitrogen and oxygen atoms in total. The van der Waals surface area contributed by atoms with Crippen molar-refractivity contribution in [1.29, 1.82) is 0 Å². The maximum atomic E-state index is 4.21. The van der Waals surface area contributed by atoms with Gasteiger partial charge in [0.1, 0.15) is 5.01 Å². The Labute approximate surface area is 115 Å². The van der Waals surface area contributed by atoms with Crippen LogP contribution in [0.15, 0.2) is 28.6 Å². The number of fused-ring (bicyclic) bond motifs is 1. The molecule has 1 aliphatic carbocycles. The van der Waals surface area contributed by atoms with Crippen molar-refractivity contribution in [3.63, 3.8) is 0 Å². The minimum atomic E-state index is 0.412. The molecular formula is C13H15N3S2. The first kappa shape index (κ1) is 12.1. The molecule has 18 heavy (non-hydrogen) atoms. The van der Waals surface area contributed by atoms with Crippen molar-refractivity contribution >= 4 is 23.1 Å². The quantitative estimate of drug-likeness (QED) is 0.936. The van der Waals surface area contributed by atoms with Gasteiger partial charge in [-0.2, -0.15) is 0 Å². The van der Waals surface area contributed by atoms with Gasteiger partial charge in [-0.25, -0.2) is 0 Å². The van der Waals surface area contributed by atoms with Gasteiger partial charge in [0.25, 0.3) is 0 Å². The Hall–Kier alpha value is -0.910. The van der Waals surface area contributed by atoms with Gasteiger partial charge in [0.05, 0.1) is 0 Å². The Morgan fingerprint density at radius 3 is 2.89 bits per heavy atom. The third-order valence-electron chi connectivity index (χ3n) is 3.25. The summed E-state index contributed by atoms with van der Waals surface area (Å²) in [6, 6.07) is 9.10. The average Bonchev–Trinajstić information content (AvgIpc) is 2.92. The summed E-state index contributed by atoms with van der Waals surface area (Å²) in [5.74, 6) is 0. The predicted molar refractivity (Wildman–Crippen MR) is 76.2 cm³/mol. The van der Waals surface area contributed by atoms with Crippen LogP contribution in [0.4, 0.5) is 0 Å². The van der Waals surface area contributed by atoms with Crippen molar-refractivity contribution in [2.75, 3.05) is 7.05 Å². The van der Waals surface area contributed by atoms with Gasteiger partial charge in [-0.3, -0.25) is 0 Å². The number of nitrogens with one attached hydrogen (secondary N) is 1. The number of hydrogen-bond donors (Lipinski definition) is 1. The van der Waals surface area contributed by atoms with E-state index in [1.165, 1.54) is 11.1 Å². The molecule has 1 heterocycles. The molecule has 0 saturated heterocycles. The SMILES string of the molecule is CNC1c2ccccc2CC1Sc1nnc(C)s1. The molecule has 0 saturated carbocycles. The summed E-state index contributed by atoms with van der Waals surface area (Å²) < 4.78 is 1.07. The highest BCUT2D eigenvalue weighted by Crippen LogP contribution is 2.41. The largest absolute Gasteiger partial charge is 0.312 e. The maximum absolute atomic E-state index is 4.21. The van der Waals surface area contributed by atoms with E-state index >= 15 is 0 Å². The molecule has 94 valence electrons. The van der Waals surface area contributed by atoms with Crippen molar-refractivity contribution < 1.29 is 0 Å². The highest BCUT2D eigenvalue weighted by Gasteiger charge is 2.32. The lowest BCUT2D eigenvalue weighted by Gasteiger charge is -2.17. The van der Waals surface area contributed by atoms with Crippen LogP contribution in [0.3, 0.4) is 0 Å². The third kappa shape index (κ3) is 2.18. The molecule has 1 aromatic heterocycles. The molecule has 0 amide bonds. The summed E-state index contributed by atoms with van der Waals surface area (Å²) in [6.45, 7) is 2.00. The molecule has 1 N–H and O–H groups in total. The Bertz CT molecular complexity index is 553. The molecule has 2 aromatic rings. The van der Waals surface area contributed by atoms with Crippen LogP contribution in [0.5, 0.6) is 0 Å².